The molecule has 2 rings (SSSR count). The van der Waals surface area contributed by atoms with Gasteiger partial charge in [-0.15, -0.1) is 0 Å². The molecule has 0 aliphatic heterocycles. The van der Waals surface area contributed by atoms with E-state index in [4.69, 9.17) is 0 Å². The number of nitrogens with zero attached hydrogens (tertiary/aromatic N) is 3. The molecule has 1 aromatic heterocycles. The van der Waals surface area contributed by atoms with Crippen LogP contribution >= 0.6 is 0 Å². The molecule has 0 aliphatic rings. The van der Waals surface area contributed by atoms with Crippen molar-refractivity contribution in [2.24, 2.45) is 4.40 Å². The molecule has 0 saturated carbocycles. The Morgan fingerprint density at radius 1 is 1.24 bits per heavy atom. The van der Waals surface area contributed by atoms with E-state index in [0.29, 0.717) is 0 Å². The van der Waals surface area contributed by atoms with E-state index in [2.05, 4.69) is 9.50 Å². The monoisotopic (exact) mass is 303 g/mol. The minimum Gasteiger partial charge on any atom is -0.591 e. The molecule has 0 bridgehead atoms. The third-order valence-electron chi connectivity index (χ3n) is 2.95. The number of hydrogen-bond donors (Lipinski definition) is 0. The van der Waals surface area contributed by atoms with E-state index in [1.54, 1.807) is 6.21 Å². The Kier molecular flexibility index (Phi) is 4.54. The highest BCUT2D eigenvalue weighted by Gasteiger charge is 2.25. The van der Waals surface area contributed by atoms with Crippen LogP contribution < -0.4 is 0 Å². The van der Waals surface area contributed by atoms with Crippen LogP contribution in [0.15, 0.2) is 34.7 Å². The van der Waals surface area contributed by atoms with Gasteiger partial charge in [-0.05, 0) is 58.4 Å². The lowest BCUT2D eigenvalue weighted by Crippen LogP contribution is -2.25. The van der Waals surface area contributed by atoms with Crippen LogP contribution in [-0.4, -0.2) is 25.3 Å². The second kappa shape index (κ2) is 6.03. The summed E-state index contributed by atoms with van der Waals surface area (Å²) in [5.41, 5.74) is 3.96. The predicted molar refractivity (Wildman–Crippen MR) is 88.5 cm³/mol. The van der Waals surface area contributed by atoms with Gasteiger partial charge in [0, 0.05) is 5.69 Å². The van der Waals surface area contributed by atoms with Crippen LogP contribution in [-0.2, 0) is 11.4 Å². The van der Waals surface area contributed by atoms with Gasteiger partial charge in [0.2, 0.25) is 0 Å². The molecule has 4 nitrogen and oxygen atoms in total. The Balaban J connectivity index is 2.26. The molecule has 0 fully saturated rings. The molecule has 0 saturated heterocycles. The molecule has 1 unspecified atom stereocenters. The number of rotatable bonds is 3. The Bertz CT molecular complexity index is 656. The second-order valence-electron chi connectivity index (χ2n) is 6.03. The quantitative estimate of drug-likeness (QED) is 0.645. The highest BCUT2D eigenvalue weighted by Crippen LogP contribution is 2.17. The van der Waals surface area contributed by atoms with Gasteiger partial charge in [0.25, 0.3) is 0 Å². The van der Waals surface area contributed by atoms with Crippen LogP contribution in [0.1, 0.15) is 37.7 Å². The van der Waals surface area contributed by atoms with Crippen molar-refractivity contribution in [1.82, 2.24) is 9.78 Å². The molecule has 0 amide bonds. The van der Waals surface area contributed by atoms with Crippen LogP contribution in [0.5, 0.6) is 0 Å². The van der Waals surface area contributed by atoms with Crippen molar-refractivity contribution < 1.29 is 4.55 Å². The summed E-state index contributed by atoms with van der Waals surface area (Å²) in [6.07, 6.45) is 1.66. The summed E-state index contributed by atoms with van der Waals surface area (Å²) in [5, 5.41) is 4.47. The predicted octanol–water partition coefficient (Wildman–Crippen LogP) is 3.37. The number of hydrogen-bond acceptors (Lipinski definition) is 3. The molecule has 21 heavy (non-hydrogen) atoms. The van der Waals surface area contributed by atoms with Gasteiger partial charge in [-0.2, -0.15) is 5.10 Å². The second-order valence-corrected chi connectivity index (χ2v) is 7.96. The van der Waals surface area contributed by atoms with Gasteiger partial charge in [-0.1, -0.05) is 16.5 Å². The van der Waals surface area contributed by atoms with Crippen LogP contribution in [0.25, 0.3) is 5.69 Å². The van der Waals surface area contributed by atoms with Crippen LogP contribution in [0, 0.1) is 13.8 Å². The first-order valence-electron chi connectivity index (χ1n) is 6.87. The highest BCUT2D eigenvalue weighted by atomic mass is 32.2. The van der Waals surface area contributed by atoms with E-state index in [1.165, 1.54) is 0 Å². The maximum Gasteiger partial charge on any atom is 0.144 e. The van der Waals surface area contributed by atoms with E-state index in [9.17, 15) is 4.55 Å². The first-order chi connectivity index (χ1) is 9.77. The Morgan fingerprint density at radius 3 is 2.52 bits per heavy atom. The number of benzene rings is 1. The molecule has 5 heteroatoms. The summed E-state index contributed by atoms with van der Waals surface area (Å²) < 4.78 is 17.6. The molecule has 1 heterocycles. The lowest BCUT2D eigenvalue weighted by Gasteiger charge is -2.17. The van der Waals surface area contributed by atoms with Crippen molar-refractivity contribution in [3.63, 3.8) is 0 Å². The maximum absolute atomic E-state index is 11.9. The smallest absolute Gasteiger partial charge is 0.144 e. The highest BCUT2D eigenvalue weighted by molar-refractivity contribution is 7.91. The topological polar surface area (TPSA) is 53.2 Å². The van der Waals surface area contributed by atoms with Crippen molar-refractivity contribution in [1.29, 1.82) is 0 Å². The van der Waals surface area contributed by atoms with Crippen molar-refractivity contribution >= 4 is 17.6 Å². The van der Waals surface area contributed by atoms with E-state index in [-0.39, 0.29) is 4.75 Å². The SMILES string of the molecule is Cc1cc(C)n(-c2cccc(C=N[S+]([O-])C(C)(C)C)c2)n1. The average Bonchev–Trinajstić information content (AvgIpc) is 2.74. The molecule has 0 N–H and O–H groups in total. The molecular weight excluding hydrogens is 282 g/mol. The van der Waals surface area contributed by atoms with Crippen molar-refractivity contribution in [3.8, 4) is 5.69 Å². The molecule has 1 atom stereocenters. The Labute approximate surface area is 129 Å². The van der Waals surface area contributed by atoms with E-state index >= 15 is 0 Å². The van der Waals surface area contributed by atoms with Gasteiger partial charge >= 0.3 is 0 Å². The van der Waals surface area contributed by atoms with E-state index in [1.807, 2.05) is 69.6 Å². The number of aromatic nitrogens is 2. The fourth-order valence-electron chi connectivity index (χ4n) is 1.89. The summed E-state index contributed by atoms with van der Waals surface area (Å²) >= 11 is -1.24. The zero-order valence-corrected chi connectivity index (χ0v) is 13.9. The summed E-state index contributed by atoms with van der Waals surface area (Å²) in [5.74, 6) is 0. The Morgan fingerprint density at radius 2 is 1.95 bits per heavy atom. The van der Waals surface area contributed by atoms with Crippen molar-refractivity contribution in [2.45, 2.75) is 39.4 Å². The molecule has 0 aliphatic carbocycles. The largest absolute Gasteiger partial charge is 0.591 e. The third-order valence-corrected chi connectivity index (χ3v) is 4.29. The van der Waals surface area contributed by atoms with Crippen LogP contribution in [0.3, 0.4) is 0 Å². The van der Waals surface area contributed by atoms with E-state index < -0.39 is 11.4 Å². The summed E-state index contributed by atoms with van der Waals surface area (Å²) in [6.45, 7) is 9.73. The minimum absolute atomic E-state index is 0.343. The van der Waals surface area contributed by atoms with Gasteiger partial charge in [0.15, 0.2) is 0 Å². The van der Waals surface area contributed by atoms with Crippen molar-refractivity contribution in [3.05, 3.63) is 47.3 Å². The van der Waals surface area contributed by atoms with Gasteiger partial charge in [-0.3, -0.25) is 0 Å². The lowest BCUT2D eigenvalue weighted by molar-refractivity contribution is 0.562. The zero-order chi connectivity index (χ0) is 15.6. The van der Waals surface area contributed by atoms with Crippen LogP contribution in [0.4, 0.5) is 0 Å². The standard InChI is InChI=1S/C16H21N3OS/c1-12-9-13(2)19(18-12)15-8-6-7-14(10-15)11-17-21(20)16(3,4)5/h6-11H,1-5H3. The fraction of sp³-hybridized carbons (Fsp3) is 0.375. The molecule has 0 radical (unpaired) electrons. The summed E-state index contributed by atoms with van der Waals surface area (Å²) in [7, 11) is 0. The average molecular weight is 303 g/mol. The van der Waals surface area contributed by atoms with Gasteiger partial charge in [-0.25, -0.2) is 4.68 Å². The fourth-order valence-corrected chi connectivity index (χ4v) is 2.43. The molecule has 112 valence electrons. The maximum atomic E-state index is 11.9. The van der Waals surface area contributed by atoms with Gasteiger partial charge in [0.05, 0.1) is 17.6 Å². The van der Waals surface area contributed by atoms with Gasteiger partial charge < -0.3 is 4.55 Å². The molecule has 2 aromatic rings. The molecule has 0 spiro atoms. The zero-order valence-electron chi connectivity index (χ0n) is 13.1. The summed E-state index contributed by atoms with van der Waals surface area (Å²) in [6, 6.07) is 9.92. The van der Waals surface area contributed by atoms with Crippen molar-refractivity contribution in [2.75, 3.05) is 0 Å². The Hall–Kier alpha value is -1.59. The van der Waals surface area contributed by atoms with E-state index in [0.717, 1.165) is 22.6 Å². The first-order valence-corrected chi connectivity index (χ1v) is 7.98. The first kappa shape index (κ1) is 15.8. The minimum atomic E-state index is -1.24. The molecule has 1 aromatic carbocycles. The third kappa shape index (κ3) is 3.95. The lowest BCUT2D eigenvalue weighted by atomic mass is 10.2. The normalized spacial score (nSPS) is 13.8. The van der Waals surface area contributed by atoms with Crippen LogP contribution in [0.2, 0.25) is 0 Å². The van der Waals surface area contributed by atoms with Gasteiger partial charge in [0.1, 0.15) is 16.1 Å². The summed E-state index contributed by atoms with van der Waals surface area (Å²) in [4.78, 5) is 0. The molecular formula is C16H21N3OS. The number of aryl methyl sites for hydroxylation is 2.